The number of thiophene rings is 1. The van der Waals surface area contributed by atoms with Crippen molar-refractivity contribution >= 4 is 44.7 Å². The van der Waals surface area contributed by atoms with E-state index in [-0.39, 0.29) is 30.1 Å². The Kier molecular flexibility index (Phi) is 5.63. The topological polar surface area (TPSA) is 93.1 Å². The Morgan fingerprint density at radius 2 is 2.03 bits per heavy atom. The van der Waals surface area contributed by atoms with Gasteiger partial charge in [-0.3, -0.25) is 19.0 Å². The van der Waals surface area contributed by atoms with E-state index in [0.29, 0.717) is 11.1 Å². The lowest BCUT2D eigenvalue weighted by Gasteiger charge is -2.11. The first-order valence-corrected chi connectivity index (χ1v) is 10.6. The van der Waals surface area contributed by atoms with Crippen molar-refractivity contribution in [1.82, 2.24) is 9.55 Å². The van der Waals surface area contributed by atoms with Crippen LogP contribution in [0.1, 0.15) is 36.6 Å². The number of carbonyl (C=O) groups excluding carboxylic acids is 2. The quantitative estimate of drug-likeness (QED) is 0.651. The number of amides is 2. The Hall–Kier alpha value is -3.07. The van der Waals surface area contributed by atoms with Crippen LogP contribution in [-0.4, -0.2) is 21.4 Å². The number of nitrogens with zero attached hydrogens (tertiary/aromatic N) is 2. The largest absolute Gasteiger partial charge is 0.326 e. The molecule has 30 heavy (non-hydrogen) atoms. The Morgan fingerprint density at radius 1 is 1.23 bits per heavy atom. The highest BCUT2D eigenvalue weighted by molar-refractivity contribution is 7.18. The zero-order chi connectivity index (χ0) is 21.3. The lowest BCUT2D eigenvalue weighted by molar-refractivity contribution is -0.116. The van der Waals surface area contributed by atoms with Gasteiger partial charge in [-0.2, -0.15) is 0 Å². The van der Waals surface area contributed by atoms with Crippen molar-refractivity contribution in [3.8, 4) is 0 Å². The molecule has 0 radical (unpaired) electrons. The molecule has 3 aromatic rings. The Bertz CT molecular complexity index is 1200. The Balaban J connectivity index is 1.48. The Labute approximate surface area is 175 Å². The minimum absolute atomic E-state index is 0.0107. The third-order valence-corrected chi connectivity index (χ3v) is 6.28. The minimum atomic E-state index is -0.609. The SMILES string of the molecule is CC(=O)Nc1ccc(F)c(NC(=O)CCn2cnc3sc4c(c3c2=O)CCCC4)c1. The molecule has 0 atom stereocenters. The molecule has 9 heteroatoms. The fourth-order valence-electron chi connectivity index (χ4n) is 3.68. The number of hydrogen-bond acceptors (Lipinski definition) is 5. The number of nitrogens with one attached hydrogen (secondary N) is 2. The summed E-state index contributed by atoms with van der Waals surface area (Å²) in [5.74, 6) is -1.34. The van der Waals surface area contributed by atoms with Crippen LogP contribution in [0.2, 0.25) is 0 Å². The van der Waals surface area contributed by atoms with Crippen LogP contribution in [0.25, 0.3) is 10.2 Å². The van der Waals surface area contributed by atoms with Crippen LogP contribution in [0.4, 0.5) is 15.8 Å². The zero-order valence-corrected chi connectivity index (χ0v) is 17.3. The predicted octanol–water partition coefficient (Wildman–Crippen LogP) is 3.46. The van der Waals surface area contributed by atoms with Gasteiger partial charge in [0.05, 0.1) is 17.4 Å². The van der Waals surface area contributed by atoms with Gasteiger partial charge in [-0.15, -0.1) is 11.3 Å². The van der Waals surface area contributed by atoms with Crippen LogP contribution < -0.4 is 16.2 Å². The zero-order valence-electron chi connectivity index (χ0n) is 16.5. The van der Waals surface area contributed by atoms with E-state index in [1.165, 1.54) is 40.9 Å². The lowest BCUT2D eigenvalue weighted by atomic mass is 9.97. The van der Waals surface area contributed by atoms with Crippen LogP contribution >= 0.6 is 11.3 Å². The number of aromatic nitrogens is 2. The number of hydrogen-bond donors (Lipinski definition) is 2. The third-order valence-electron chi connectivity index (χ3n) is 5.08. The summed E-state index contributed by atoms with van der Waals surface area (Å²) in [6, 6.07) is 3.93. The van der Waals surface area contributed by atoms with Gasteiger partial charge < -0.3 is 10.6 Å². The highest BCUT2D eigenvalue weighted by Crippen LogP contribution is 2.33. The van der Waals surface area contributed by atoms with E-state index in [2.05, 4.69) is 15.6 Å². The number of halogens is 1. The van der Waals surface area contributed by atoms with E-state index < -0.39 is 11.7 Å². The molecule has 156 valence electrons. The van der Waals surface area contributed by atoms with Crippen molar-refractivity contribution in [1.29, 1.82) is 0 Å². The molecule has 2 amide bonds. The van der Waals surface area contributed by atoms with Crippen LogP contribution in [-0.2, 0) is 29.0 Å². The summed E-state index contributed by atoms with van der Waals surface area (Å²) < 4.78 is 15.4. The number of fused-ring (bicyclic) bond motifs is 3. The van der Waals surface area contributed by atoms with Crippen molar-refractivity contribution in [2.24, 2.45) is 0 Å². The predicted molar refractivity (Wildman–Crippen MR) is 114 cm³/mol. The van der Waals surface area contributed by atoms with Gasteiger partial charge in [-0.05, 0) is 49.4 Å². The number of carbonyl (C=O) groups is 2. The van der Waals surface area contributed by atoms with Crippen LogP contribution in [0.15, 0.2) is 29.3 Å². The van der Waals surface area contributed by atoms with Crippen LogP contribution in [0.5, 0.6) is 0 Å². The van der Waals surface area contributed by atoms with Gasteiger partial charge in [0.25, 0.3) is 5.56 Å². The molecular formula is C21H21FN4O3S. The van der Waals surface area contributed by atoms with E-state index >= 15 is 0 Å². The summed E-state index contributed by atoms with van der Waals surface area (Å²) in [7, 11) is 0. The molecule has 7 nitrogen and oxygen atoms in total. The van der Waals surface area contributed by atoms with Crippen LogP contribution in [0, 0.1) is 5.82 Å². The fourth-order valence-corrected chi connectivity index (χ4v) is 4.90. The molecule has 0 saturated heterocycles. The van der Waals surface area contributed by atoms with Crippen molar-refractivity contribution < 1.29 is 14.0 Å². The molecule has 2 heterocycles. The number of rotatable bonds is 5. The Morgan fingerprint density at radius 3 is 2.83 bits per heavy atom. The highest BCUT2D eigenvalue weighted by Gasteiger charge is 2.20. The van der Waals surface area contributed by atoms with Gasteiger partial charge in [-0.25, -0.2) is 9.37 Å². The first-order valence-electron chi connectivity index (χ1n) is 9.79. The second-order valence-electron chi connectivity index (χ2n) is 7.31. The second-order valence-corrected chi connectivity index (χ2v) is 8.39. The van der Waals surface area contributed by atoms with Gasteiger partial charge in [0.2, 0.25) is 11.8 Å². The molecule has 0 saturated carbocycles. The van der Waals surface area contributed by atoms with Crippen molar-refractivity contribution in [2.75, 3.05) is 10.6 Å². The van der Waals surface area contributed by atoms with Gasteiger partial charge in [0.1, 0.15) is 10.6 Å². The van der Waals surface area contributed by atoms with E-state index in [4.69, 9.17) is 0 Å². The average molecular weight is 428 g/mol. The van der Waals surface area contributed by atoms with E-state index in [1.807, 2.05) is 0 Å². The van der Waals surface area contributed by atoms with Gasteiger partial charge >= 0.3 is 0 Å². The van der Waals surface area contributed by atoms with Gasteiger partial charge in [-0.1, -0.05) is 0 Å². The summed E-state index contributed by atoms with van der Waals surface area (Å²) in [4.78, 5) is 42.8. The highest BCUT2D eigenvalue weighted by atomic mass is 32.1. The maximum absolute atomic E-state index is 14.0. The van der Waals surface area contributed by atoms with E-state index in [1.54, 1.807) is 11.3 Å². The summed E-state index contributed by atoms with van der Waals surface area (Å²) >= 11 is 1.58. The van der Waals surface area contributed by atoms with Crippen molar-refractivity contribution in [3.63, 3.8) is 0 Å². The van der Waals surface area contributed by atoms with Gasteiger partial charge in [0, 0.05) is 30.5 Å². The number of benzene rings is 1. The number of anilines is 2. The van der Waals surface area contributed by atoms with E-state index in [9.17, 15) is 18.8 Å². The first-order chi connectivity index (χ1) is 14.4. The molecule has 0 fully saturated rings. The fraction of sp³-hybridized carbons (Fsp3) is 0.333. The van der Waals surface area contributed by atoms with Crippen molar-refractivity contribution in [2.45, 2.75) is 45.6 Å². The molecule has 2 N–H and O–H groups in total. The van der Waals surface area contributed by atoms with Crippen molar-refractivity contribution in [3.05, 3.63) is 51.1 Å². The average Bonchev–Trinajstić information content (AvgIpc) is 3.09. The normalized spacial score (nSPS) is 13.1. The summed E-state index contributed by atoms with van der Waals surface area (Å²) in [5, 5.41) is 5.71. The third kappa shape index (κ3) is 4.11. The molecule has 1 aromatic carbocycles. The first kappa shape index (κ1) is 20.2. The summed E-state index contributed by atoms with van der Waals surface area (Å²) in [6.07, 6.45) is 5.54. The maximum Gasteiger partial charge on any atom is 0.262 e. The summed E-state index contributed by atoms with van der Waals surface area (Å²) in [5.41, 5.74) is 1.33. The maximum atomic E-state index is 14.0. The van der Waals surface area contributed by atoms with Gasteiger partial charge in [0.15, 0.2) is 0 Å². The molecule has 0 bridgehead atoms. The molecule has 4 rings (SSSR count). The number of aryl methyl sites for hydroxylation is 3. The molecule has 2 aromatic heterocycles. The lowest BCUT2D eigenvalue weighted by Crippen LogP contribution is -2.24. The van der Waals surface area contributed by atoms with Crippen LogP contribution in [0.3, 0.4) is 0 Å². The molecule has 0 unspecified atom stereocenters. The second kappa shape index (κ2) is 8.35. The summed E-state index contributed by atoms with van der Waals surface area (Å²) in [6.45, 7) is 1.49. The molecule has 0 spiro atoms. The molecule has 1 aliphatic rings. The molecule has 0 aliphatic heterocycles. The standard InChI is InChI=1S/C21H21FN4O3S/c1-12(27)24-13-6-7-15(22)16(10-13)25-18(28)8-9-26-11-23-20-19(21(26)29)14-4-2-3-5-17(14)30-20/h6-7,10-11H,2-5,8-9H2,1H3,(H,24,27)(H,25,28). The minimum Gasteiger partial charge on any atom is -0.326 e. The smallest absolute Gasteiger partial charge is 0.262 e. The van der Waals surface area contributed by atoms with E-state index in [0.717, 1.165) is 36.1 Å². The molecular weight excluding hydrogens is 407 g/mol. The molecule has 1 aliphatic carbocycles. The monoisotopic (exact) mass is 428 g/mol.